The van der Waals surface area contributed by atoms with Crippen LogP contribution in [0.5, 0.6) is 0 Å². The monoisotopic (exact) mass is 315 g/mol. The highest BCUT2D eigenvalue weighted by molar-refractivity contribution is 5.95. The molecule has 0 aromatic heterocycles. The van der Waals surface area contributed by atoms with Crippen LogP contribution in [0.3, 0.4) is 0 Å². The minimum absolute atomic E-state index is 0.00203. The molecule has 1 heterocycles. The molecule has 0 atom stereocenters. The Morgan fingerprint density at radius 3 is 2.55 bits per heavy atom. The number of carbonyl (C=O) groups is 1. The van der Waals surface area contributed by atoms with Crippen LogP contribution in [0.25, 0.3) is 0 Å². The zero-order valence-electron chi connectivity index (χ0n) is 12.4. The molecule has 4 nitrogen and oxygen atoms in total. The van der Waals surface area contributed by atoms with E-state index in [0.29, 0.717) is 0 Å². The molecule has 1 aromatic carbocycles. The first-order chi connectivity index (χ1) is 10.3. The maximum atomic E-state index is 12.8. The van der Waals surface area contributed by atoms with Gasteiger partial charge in [-0.1, -0.05) is 6.92 Å². The van der Waals surface area contributed by atoms with Crippen LogP contribution in [0, 0.1) is 0 Å². The average molecular weight is 315 g/mol. The smallest absolute Gasteiger partial charge is 0.398 e. The molecule has 0 bridgehead atoms. The van der Waals surface area contributed by atoms with E-state index in [2.05, 4.69) is 17.1 Å². The first-order valence-corrected chi connectivity index (χ1v) is 7.31. The minimum Gasteiger partial charge on any atom is -0.398 e. The number of nitrogens with two attached hydrogens (primary N) is 1. The highest BCUT2D eigenvalue weighted by atomic mass is 19.4. The SMILES string of the molecule is CCN1CCC(NC(=O)c2ccc(N)c(C(F)(F)F)c2)CC1. The number of piperidine rings is 1. The topological polar surface area (TPSA) is 58.4 Å². The molecular weight excluding hydrogens is 295 g/mol. The van der Waals surface area contributed by atoms with Crippen molar-refractivity contribution in [1.29, 1.82) is 0 Å². The molecule has 22 heavy (non-hydrogen) atoms. The number of carbonyl (C=O) groups excluding carboxylic acids is 1. The van der Waals surface area contributed by atoms with E-state index in [-0.39, 0.29) is 17.3 Å². The highest BCUT2D eigenvalue weighted by Crippen LogP contribution is 2.34. The quantitative estimate of drug-likeness (QED) is 0.843. The Labute approximate surface area is 127 Å². The van der Waals surface area contributed by atoms with E-state index < -0.39 is 17.6 Å². The predicted molar refractivity (Wildman–Crippen MR) is 78.5 cm³/mol. The molecule has 122 valence electrons. The van der Waals surface area contributed by atoms with Gasteiger partial charge in [-0.3, -0.25) is 4.79 Å². The molecule has 0 aliphatic carbocycles. The second-order valence-corrected chi connectivity index (χ2v) is 5.48. The lowest BCUT2D eigenvalue weighted by Crippen LogP contribution is -2.44. The van der Waals surface area contributed by atoms with E-state index in [1.165, 1.54) is 6.07 Å². The van der Waals surface area contributed by atoms with Gasteiger partial charge in [-0.15, -0.1) is 0 Å². The van der Waals surface area contributed by atoms with Crippen molar-refractivity contribution < 1.29 is 18.0 Å². The van der Waals surface area contributed by atoms with Crippen LogP contribution >= 0.6 is 0 Å². The van der Waals surface area contributed by atoms with Gasteiger partial charge in [0, 0.05) is 30.4 Å². The maximum absolute atomic E-state index is 12.8. The van der Waals surface area contributed by atoms with Crippen LogP contribution in [0.4, 0.5) is 18.9 Å². The summed E-state index contributed by atoms with van der Waals surface area (Å²) >= 11 is 0. The van der Waals surface area contributed by atoms with Crippen molar-refractivity contribution >= 4 is 11.6 Å². The van der Waals surface area contributed by atoms with Gasteiger partial charge in [0.2, 0.25) is 0 Å². The van der Waals surface area contributed by atoms with E-state index in [4.69, 9.17) is 5.73 Å². The number of anilines is 1. The molecule has 1 fully saturated rings. The molecule has 0 radical (unpaired) electrons. The van der Waals surface area contributed by atoms with Crippen molar-refractivity contribution in [3.63, 3.8) is 0 Å². The van der Waals surface area contributed by atoms with Crippen LogP contribution in [0.2, 0.25) is 0 Å². The number of nitrogens with one attached hydrogen (secondary N) is 1. The van der Waals surface area contributed by atoms with Crippen molar-refractivity contribution in [2.24, 2.45) is 0 Å². The normalized spacial score (nSPS) is 17.5. The molecule has 2 rings (SSSR count). The Hall–Kier alpha value is -1.76. The molecule has 1 aliphatic rings. The maximum Gasteiger partial charge on any atom is 0.418 e. The van der Waals surface area contributed by atoms with Gasteiger partial charge in [-0.05, 0) is 37.6 Å². The van der Waals surface area contributed by atoms with Gasteiger partial charge in [0.1, 0.15) is 0 Å². The van der Waals surface area contributed by atoms with Gasteiger partial charge in [-0.2, -0.15) is 13.2 Å². The summed E-state index contributed by atoms with van der Waals surface area (Å²) in [6.45, 7) is 4.81. The summed E-state index contributed by atoms with van der Waals surface area (Å²) in [6, 6.07) is 3.26. The molecule has 0 saturated carbocycles. The summed E-state index contributed by atoms with van der Waals surface area (Å²) in [5, 5.41) is 2.80. The molecule has 1 saturated heterocycles. The van der Waals surface area contributed by atoms with Gasteiger partial charge < -0.3 is 16.0 Å². The van der Waals surface area contributed by atoms with Crippen molar-refractivity contribution in [2.75, 3.05) is 25.4 Å². The van der Waals surface area contributed by atoms with Crippen molar-refractivity contribution in [1.82, 2.24) is 10.2 Å². The third-order valence-electron chi connectivity index (χ3n) is 3.99. The number of rotatable bonds is 3. The van der Waals surface area contributed by atoms with Gasteiger partial charge >= 0.3 is 6.18 Å². The zero-order valence-corrected chi connectivity index (χ0v) is 12.4. The largest absolute Gasteiger partial charge is 0.418 e. The van der Waals surface area contributed by atoms with Gasteiger partial charge in [0.05, 0.1) is 5.56 Å². The molecule has 1 amide bonds. The number of hydrogen-bond donors (Lipinski definition) is 2. The third-order valence-corrected chi connectivity index (χ3v) is 3.99. The van der Waals surface area contributed by atoms with E-state index in [0.717, 1.165) is 44.6 Å². The summed E-state index contributed by atoms with van der Waals surface area (Å²) < 4.78 is 38.4. The number of benzene rings is 1. The van der Waals surface area contributed by atoms with E-state index in [1.54, 1.807) is 0 Å². The molecular formula is C15H20F3N3O. The highest BCUT2D eigenvalue weighted by Gasteiger charge is 2.33. The summed E-state index contributed by atoms with van der Waals surface area (Å²) in [4.78, 5) is 14.4. The summed E-state index contributed by atoms with van der Waals surface area (Å²) in [5.74, 6) is -0.486. The standard InChI is InChI=1S/C15H20F3N3O/c1-2-21-7-5-11(6-8-21)20-14(22)10-3-4-13(19)12(9-10)15(16,17)18/h3-4,9,11H,2,5-8,19H2,1H3,(H,20,22). The second kappa shape index (κ2) is 6.56. The van der Waals surface area contributed by atoms with Crippen LogP contribution in [-0.2, 0) is 6.18 Å². The number of alkyl halides is 3. The fraction of sp³-hybridized carbons (Fsp3) is 0.533. The number of nitrogen functional groups attached to an aromatic ring is 1. The molecule has 1 aliphatic heterocycles. The third kappa shape index (κ3) is 3.91. The lowest BCUT2D eigenvalue weighted by molar-refractivity contribution is -0.136. The Balaban J connectivity index is 2.04. The van der Waals surface area contributed by atoms with Crippen LogP contribution in [0.1, 0.15) is 35.7 Å². The Kier molecular flexibility index (Phi) is 4.95. The van der Waals surface area contributed by atoms with Crippen molar-refractivity contribution in [3.8, 4) is 0 Å². The number of halogens is 3. The number of hydrogen-bond acceptors (Lipinski definition) is 3. The van der Waals surface area contributed by atoms with E-state index >= 15 is 0 Å². The van der Waals surface area contributed by atoms with Crippen molar-refractivity contribution in [3.05, 3.63) is 29.3 Å². The van der Waals surface area contributed by atoms with Gasteiger partial charge in [0.15, 0.2) is 0 Å². The van der Waals surface area contributed by atoms with E-state index in [9.17, 15) is 18.0 Å². The number of nitrogens with zero attached hydrogens (tertiary/aromatic N) is 1. The molecule has 0 unspecified atom stereocenters. The zero-order chi connectivity index (χ0) is 16.3. The van der Waals surface area contributed by atoms with Crippen molar-refractivity contribution in [2.45, 2.75) is 32.0 Å². The summed E-state index contributed by atoms with van der Waals surface area (Å²) in [6.07, 6.45) is -2.95. The molecule has 1 aromatic rings. The minimum atomic E-state index is -4.56. The fourth-order valence-corrected chi connectivity index (χ4v) is 2.61. The Morgan fingerprint density at radius 1 is 1.36 bits per heavy atom. The number of amides is 1. The lowest BCUT2D eigenvalue weighted by Gasteiger charge is -2.31. The number of likely N-dealkylation sites (tertiary alicyclic amines) is 1. The Bertz CT molecular complexity index is 537. The second-order valence-electron chi connectivity index (χ2n) is 5.48. The van der Waals surface area contributed by atoms with Crippen LogP contribution in [-0.4, -0.2) is 36.5 Å². The van der Waals surface area contributed by atoms with E-state index in [1.807, 2.05) is 0 Å². The van der Waals surface area contributed by atoms with Gasteiger partial charge in [-0.25, -0.2) is 0 Å². The van der Waals surface area contributed by atoms with Gasteiger partial charge in [0.25, 0.3) is 5.91 Å². The average Bonchev–Trinajstić information content (AvgIpc) is 2.47. The lowest BCUT2D eigenvalue weighted by atomic mass is 10.0. The fourth-order valence-electron chi connectivity index (χ4n) is 2.61. The summed E-state index contributed by atoms with van der Waals surface area (Å²) in [7, 11) is 0. The molecule has 3 N–H and O–H groups in total. The first-order valence-electron chi connectivity index (χ1n) is 7.31. The summed E-state index contributed by atoms with van der Waals surface area (Å²) in [5.41, 5.74) is 3.97. The van der Waals surface area contributed by atoms with Crippen LogP contribution < -0.4 is 11.1 Å². The molecule has 7 heteroatoms. The predicted octanol–water partition coefficient (Wildman–Crippen LogP) is 2.50. The molecule has 0 spiro atoms. The first kappa shape index (κ1) is 16.6. The Morgan fingerprint density at radius 2 is 2.00 bits per heavy atom. The van der Waals surface area contributed by atoms with Crippen LogP contribution in [0.15, 0.2) is 18.2 Å².